The van der Waals surface area contributed by atoms with Crippen LogP contribution in [0, 0.1) is 5.82 Å². The summed E-state index contributed by atoms with van der Waals surface area (Å²) in [6, 6.07) is 10.1. The number of pyridine rings is 1. The van der Waals surface area contributed by atoms with Gasteiger partial charge in [0.2, 0.25) is 5.91 Å². The molecule has 0 saturated carbocycles. The molecule has 0 spiro atoms. The molecule has 0 unspecified atom stereocenters. The number of anilines is 2. The van der Waals surface area contributed by atoms with E-state index >= 15 is 0 Å². The zero-order chi connectivity index (χ0) is 15.8. The Morgan fingerprint density at radius 3 is 2.73 bits per heavy atom. The largest absolute Gasteiger partial charge is 0.380 e. The van der Waals surface area contributed by atoms with Gasteiger partial charge in [-0.2, -0.15) is 0 Å². The molecular weight excluding hydrogens is 283 g/mol. The van der Waals surface area contributed by atoms with Crippen molar-refractivity contribution in [3.8, 4) is 0 Å². The van der Waals surface area contributed by atoms with Crippen LogP contribution < -0.4 is 16.4 Å². The minimum absolute atomic E-state index is 0.106. The third-order valence-electron chi connectivity index (χ3n) is 3.08. The number of carbonyl (C=O) groups excluding carboxylic acids is 1. The molecule has 5 nitrogen and oxygen atoms in total. The first kappa shape index (κ1) is 15.9. The van der Waals surface area contributed by atoms with Crippen LogP contribution in [0.3, 0.4) is 0 Å². The summed E-state index contributed by atoms with van der Waals surface area (Å²) >= 11 is 0. The molecule has 0 saturated heterocycles. The Balaban J connectivity index is 1.87. The van der Waals surface area contributed by atoms with Crippen molar-refractivity contribution in [1.82, 2.24) is 4.98 Å². The first-order valence-corrected chi connectivity index (χ1v) is 7.12. The molecule has 0 radical (unpaired) electrons. The maximum Gasteiger partial charge on any atom is 0.225 e. The summed E-state index contributed by atoms with van der Waals surface area (Å²) in [5.74, 6) is 0.134. The number of carbonyl (C=O) groups is 1. The fourth-order valence-electron chi connectivity index (χ4n) is 1.88. The van der Waals surface area contributed by atoms with Crippen molar-refractivity contribution < 1.29 is 9.18 Å². The minimum atomic E-state index is -0.244. The molecule has 2 aromatic rings. The average molecular weight is 302 g/mol. The number of rotatable bonds is 7. The summed E-state index contributed by atoms with van der Waals surface area (Å²) in [4.78, 5) is 15.7. The summed E-state index contributed by atoms with van der Waals surface area (Å²) in [7, 11) is 0. The summed E-state index contributed by atoms with van der Waals surface area (Å²) in [6.07, 6.45) is 2.62. The maximum atomic E-state index is 13.5. The Bertz CT molecular complexity index is 616. The molecule has 0 atom stereocenters. The van der Waals surface area contributed by atoms with Gasteiger partial charge in [0.05, 0.1) is 11.9 Å². The van der Waals surface area contributed by atoms with Crippen LogP contribution in [-0.4, -0.2) is 17.4 Å². The highest BCUT2D eigenvalue weighted by atomic mass is 19.1. The van der Waals surface area contributed by atoms with Crippen molar-refractivity contribution in [3.05, 3.63) is 54.0 Å². The Morgan fingerprint density at radius 1 is 1.23 bits per heavy atom. The molecule has 1 heterocycles. The lowest BCUT2D eigenvalue weighted by molar-refractivity contribution is -0.116. The standard InChI is InChI=1S/C16H19FN4O/c17-14-5-2-1-4-12(14)10-19-13-7-8-15(20-11-13)21-16(22)6-3-9-18/h1-2,4-5,7-8,11,19H,3,6,9-10,18H2,(H,20,21,22). The normalized spacial score (nSPS) is 10.3. The monoisotopic (exact) mass is 302 g/mol. The van der Waals surface area contributed by atoms with Gasteiger partial charge in [0.15, 0.2) is 0 Å². The van der Waals surface area contributed by atoms with Crippen LogP contribution in [0.15, 0.2) is 42.6 Å². The van der Waals surface area contributed by atoms with Gasteiger partial charge in [-0.1, -0.05) is 18.2 Å². The van der Waals surface area contributed by atoms with Crippen LogP contribution in [0.1, 0.15) is 18.4 Å². The van der Waals surface area contributed by atoms with Crippen molar-refractivity contribution in [1.29, 1.82) is 0 Å². The topological polar surface area (TPSA) is 80.0 Å². The van der Waals surface area contributed by atoms with E-state index in [1.165, 1.54) is 6.07 Å². The van der Waals surface area contributed by atoms with E-state index in [2.05, 4.69) is 15.6 Å². The number of hydrogen-bond acceptors (Lipinski definition) is 4. The number of nitrogens with zero attached hydrogens (tertiary/aromatic N) is 1. The lowest BCUT2D eigenvalue weighted by atomic mass is 10.2. The Morgan fingerprint density at radius 2 is 2.05 bits per heavy atom. The van der Waals surface area contributed by atoms with Crippen LogP contribution in [-0.2, 0) is 11.3 Å². The molecule has 0 bridgehead atoms. The van der Waals surface area contributed by atoms with Crippen LogP contribution >= 0.6 is 0 Å². The molecular formula is C16H19FN4O. The number of benzene rings is 1. The van der Waals surface area contributed by atoms with Crippen molar-refractivity contribution in [2.75, 3.05) is 17.2 Å². The molecule has 6 heteroatoms. The number of nitrogens with one attached hydrogen (secondary N) is 2. The van der Waals surface area contributed by atoms with Gasteiger partial charge in [-0.25, -0.2) is 9.37 Å². The average Bonchev–Trinajstić information content (AvgIpc) is 2.53. The van der Waals surface area contributed by atoms with E-state index < -0.39 is 0 Å². The highest BCUT2D eigenvalue weighted by Crippen LogP contribution is 2.13. The zero-order valence-corrected chi connectivity index (χ0v) is 12.2. The van der Waals surface area contributed by atoms with E-state index in [0.29, 0.717) is 37.3 Å². The Labute approximate surface area is 128 Å². The molecule has 22 heavy (non-hydrogen) atoms. The Hall–Kier alpha value is -2.47. The fourth-order valence-corrected chi connectivity index (χ4v) is 1.88. The van der Waals surface area contributed by atoms with Crippen LogP contribution in [0.25, 0.3) is 0 Å². The smallest absolute Gasteiger partial charge is 0.225 e. The molecule has 0 aliphatic heterocycles. The molecule has 0 aliphatic rings. The SMILES string of the molecule is NCCCC(=O)Nc1ccc(NCc2ccccc2F)cn1. The van der Waals surface area contributed by atoms with E-state index in [4.69, 9.17) is 5.73 Å². The van der Waals surface area contributed by atoms with E-state index in [9.17, 15) is 9.18 Å². The number of nitrogens with two attached hydrogens (primary N) is 1. The molecule has 0 aliphatic carbocycles. The molecule has 1 aromatic heterocycles. The summed E-state index contributed by atoms with van der Waals surface area (Å²) in [5.41, 5.74) is 6.69. The predicted octanol–water partition coefficient (Wildman–Crippen LogP) is 2.51. The van der Waals surface area contributed by atoms with Crippen molar-refractivity contribution >= 4 is 17.4 Å². The minimum Gasteiger partial charge on any atom is -0.380 e. The molecule has 4 N–H and O–H groups in total. The van der Waals surface area contributed by atoms with Crippen molar-refractivity contribution in [3.63, 3.8) is 0 Å². The van der Waals surface area contributed by atoms with Crippen molar-refractivity contribution in [2.45, 2.75) is 19.4 Å². The van der Waals surface area contributed by atoms with Gasteiger partial charge in [0.1, 0.15) is 11.6 Å². The van der Waals surface area contributed by atoms with Gasteiger partial charge in [-0.05, 0) is 31.2 Å². The molecule has 2 rings (SSSR count). The Kier molecular flexibility index (Phi) is 5.85. The third kappa shape index (κ3) is 4.82. The third-order valence-corrected chi connectivity index (χ3v) is 3.08. The quantitative estimate of drug-likeness (QED) is 0.734. The lowest BCUT2D eigenvalue weighted by Gasteiger charge is -2.08. The van der Waals surface area contributed by atoms with Gasteiger partial charge in [-0.15, -0.1) is 0 Å². The highest BCUT2D eigenvalue weighted by Gasteiger charge is 2.03. The summed E-state index contributed by atoms with van der Waals surface area (Å²) in [5, 5.41) is 5.78. The highest BCUT2D eigenvalue weighted by molar-refractivity contribution is 5.89. The second-order valence-electron chi connectivity index (χ2n) is 4.82. The van der Waals surface area contributed by atoms with E-state index in [-0.39, 0.29) is 11.7 Å². The van der Waals surface area contributed by atoms with Gasteiger partial charge in [0, 0.05) is 18.5 Å². The van der Waals surface area contributed by atoms with Gasteiger partial charge in [0.25, 0.3) is 0 Å². The number of amides is 1. The summed E-state index contributed by atoms with van der Waals surface area (Å²) in [6.45, 7) is 0.857. The van der Waals surface area contributed by atoms with E-state index in [1.807, 2.05) is 0 Å². The number of hydrogen-bond donors (Lipinski definition) is 3. The molecule has 116 valence electrons. The van der Waals surface area contributed by atoms with Gasteiger partial charge < -0.3 is 16.4 Å². The summed E-state index contributed by atoms with van der Waals surface area (Å²) < 4.78 is 13.5. The zero-order valence-electron chi connectivity index (χ0n) is 12.2. The van der Waals surface area contributed by atoms with Crippen LogP contribution in [0.2, 0.25) is 0 Å². The second-order valence-corrected chi connectivity index (χ2v) is 4.82. The second kappa shape index (κ2) is 8.09. The van der Waals surface area contributed by atoms with Crippen LogP contribution in [0.5, 0.6) is 0 Å². The molecule has 1 aromatic carbocycles. The maximum absolute atomic E-state index is 13.5. The lowest BCUT2D eigenvalue weighted by Crippen LogP contribution is -2.14. The fraction of sp³-hybridized carbons (Fsp3) is 0.250. The predicted molar refractivity (Wildman–Crippen MR) is 84.9 cm³/mol. The van der Waals surface area contributed by atoms with E-state index in [0.717, 1.165) is 5.69 Å². The van der Waals surface area contributed by atoms with Gasteiger partial charge in [-0.3, -0.25) is 4.79 Å². The molecule has 0 fully saturated rings. The first-order chi connectivity index (χ1) is 10.7. The molecule has 1 amide bonds. The van der Waals surface area contributed by atoms with Gasteiger partial charge >= 0.3 is 0 Å². The van der Waals surface area contributed by atoms with E-state index in [1.54, 1.807) is 36.5 Å². The van der Waals surface area contributed by atoms with Crippen molar-refractivity contribution in [2.24, 2.45) is 5.73 Å². The van der Waals surface area contributed by atoms with Crippen LogP contribution in [0.4, 0.5) is 15.9 Å². The first-order valence-electron chi connectivity index (χ1n) is 7.12. The number of aromatic nitrogens is 1. The number of halogens is 1.